The third kappa shape index (κ3) is 3.06. The van der Waals surface area contributed by atoms with Crippen molar-refractivity contribution in [1.82, 2.24) is 9.78 Å². The molecular formula is C18H20ClN3O2. The van der Waals surface area contributed by atoms with Gasteiger partial charge in [-0.15, -0.1) is 0 Å². The van der Waals surface area contributed by atoms with Gasteiger partial charge in [0.05, 0.1) is 6.54 Å². The minimum Gasteiger partial charge on any atom is -1.00 e. The molecule has 3 N–H and O–H groups in total. The van der Waals surface area contributed by atoms with Crippen LogP contribution in [0.3, 0.4) is 0 Å². The van der Waals surface area contributed by atoms with Crippen LogP contribution in [0.4, 0.5) is 0 Å². The summed E-state index contributed by atoms with van der Waals surface area (Å²) in [7, 11) is 0. The number of aliphatic hydroxyl groups is 1. The molecule has 1 aliphatic heterocycles. The maximum atomic E-state index is 10.9. The first-order chi connectivity index (χ1) is 12.3. The Morgan fingerprint density at radius 2 is 1.75 bits per heavy atom. The average Bonchev–Trinajstić information content (AvgIpc) is 3.24. The molecule has 24 heavy (non-hydrogen) atoms. The zero-order valence-electron chi connectivity index (χ0n) is 15.0. The standard InChI is InChI=1S/C18H18N3O.ClH.H2O/c22-17(14-8-3-1-4-9-14)18-20-13-7-12-16(20)19-21(18)15-10-5-2-6-11-15;;/h1-6,8-11,17,22H,7,12-13H2;1H;1H2/q+1;;/p-1/t17-;;/m1../s1/i/hD2. The van der Waals surface area contributed by atoms with Gasteiger partial charge < -0.3 is 23.0 Å². The van der Waals surface area contributed by atoms with Gasteiger partial charge in [-0.05, 0) is 24.1 Å². The van der Waals surface area contributed by atoms with E-state index in [1.807, 2.05) is 65.3 Å². The lowest BCUT2D eigenvalue weighted by atomic mass is 10.1. The molecule has 0 amide bonds. The predicted molar refractivity (Wildman–Crippen MR) is 86.2 cm³/mol. The van der Waals surface area contributed by atoms with E-state index in [-0.39, 0.29) is 12.4 Å². The maximum Gasteiger partial charge on any atom is 0.278 e. The quantitative estimate of drug-likeness (QED) is 0.578. The highest BCUT2D eigenvalue weighted by atomic mass is 35.5. The first kappa shape index (κ1) is 15.3. The zero-order valence-corrected chi connectivity index (χ0v) is 13.8. The Morgan fingerprint density at radius 3 is 2.42 bits per heavy atom. The summed E-state index contributed by atoms with van der Waals surface area (Å²) >= 11 is 0. The van der Waals surface area contributed by atoms with E-state index in [4.69, 9.17) is 7.96 Å². The van der Waals surface area contributed by atoms with Crippen LogP contribution in [0.25, 0.3) is 5.69 Å². The summed E-state index contributed by atoms with van der Waals surface area (Å²) < 4.78 is 14.8. The molecule has 3 aromatic rings. The van der Waals surface area contributed by atoms with Crippen molar-refractivity contribution in [2.75, 3.05) is 0 Å². The number of hydrogen-bond acceptors (Lipinski definition) is 2. The van der Waals surface area contributed by atoms with Gasteiger partial charge in [-0.1, -0.05) is 53.2 Å². The molecule has 0 bridgehead atoms. The van der Waals surface area contributed by atoms with E-state index in [2.05, 4.69) is 10.0 Å². The number of nitrogens with zero attached hydrogens (tertiary/aromatic N) is 3. The van der Waals surface area contributed by atoms with E-state index >= 15 is 0 Å². The van der Waals surface area contributed by atoms with Crippen molar-refractivity contribution in [2.45, 2.75) is 25.5 Å². The monoisotopic (exact) mass is 347 g/mol. The van der Waals surface area contributed by atoms with E-state index in [9.17, 15) is 5.11 Å². The van der Waals surface area contributed by atoms with Crippen LogP contribution in [0.5, 0.6) is 0 Å². The van der Waals surface area contributed by atoms with Crippen LogP contribution in [-0.2, 0) is 13.0 Å². The highest BCUT2D eigenvalue weighted by molar-refractivity contribution is 5.32. The van der Waals surface area contributed by atoms with Gasteiger partial charge in [-0.25, -0.2) is 4.57 Å². The Kier molecular flexibility index (Phi) is 4.84. The molecule has 0 aliphatic carbocycles. The van der Waals surface area contributed by atoms with Crippen LogP contribution < -0.4 is 17.0 Å². The Balaban J connectivity index is 0.000000570. The second-order valence-electron chi connectivity index (χ2n) is 5.59. The van der Waals surface area contributed by atoms with E-state index in [0.29, 0.717) is 0 Å². The second kappa shape index (κ2) is 7.57. The number of fused-ring (bicyclic) bond motifs is 1. The number of benzene rings is 2. The van der Waals surface area contributed by atoms with Crippen molar-refractivity contribution >= 4 is 0 Å². The first-order valence-corrected chi connectivity index (χ1v) is 7.64. The smallest absolute Gasteiger partial charge is 0.278 e. The van der Waals surface area contributed by atoms with E-state index in [1.165, 1.54) is 0 Å². The third-order valence-corrected chi connectivity index (χ3v) is 4.16. The van der Waals surface area contributed by atoms with Crippen molar-refractivity contribution in [2.24, 2.45) is 0 Å². The summed E-state index contributed by atoms with van der Waals surface area (Å²) in [5, 5.41) is 15.6. The molecule has 6 heteroatoms. The summed E-state index contributed by atoms with van der Waals surface area (Å²) in [5.41, 5.74) is 4.62. The van der Waals surface area contributed by atoms with Crippen LogP contribution in [0.1, 0.15) is 29.7 Å². The second-order valence-corrected chi connectivity index (χ2v) is 5.59. The van der Waals surface area contributed by atoms with Gasteiger partial charge >= 0.3 is 0 Å². The molecule has 1 atom stereocenters. The van der Waals surface area contributed by atoms with Crippen LogP contribution in [-0.4, -0.2) is 23.2 Å². The van der Waals surface area contributed by atoms with Crippen molar-refractivity contribution < 1.29 is 27.6 Å². The molecule has 4 rings (SSSR count). The first-order valence-electron chi connectivity index (χ1n) is 8.46. The van der Waals surface area contributed by atoms with Crippen LogP contribution in [0.15, 0.2) is 60.7 Å². The lowest BCUT2D eigenvalue weighted by Crippen LogP contribution is -3.00. The van der Waals surface area contributed by atoms with Crippen molar-refractivity contribution in [3.63, 3.8) is 0 Å². The molecule has 0 saturated heterocycles. The lowest BCUT2D eigenvalue weighted by molar-refractivity contribution is -0.701. The summed E-state index contributed by atoms with van der Waals surface area (Å²) in [4.78, 5) is 0. The van der Waals surface area contributed by atoms with E-state index < -0.39 is 6.10 Å². The molecule has 1 aromatic heterocycles. The Labute approximate surface area is 149 Å². The summed E-state index contributed by atoms with van der Waals surface area (Å²) in [6.45, 7) is 0.918. The van der Waals surface area contributed by atoms with Crippen molar-refractivity contribution in [3.8, 4) is 5.69 Å². The molecule has 0 unspecified atom stereocenters. The van der Waals surface area contributed by atoms with Gasteiger partial charge in [-0.2, -0.15) is 0 Å². The zero-order chi connectivity index (χ0) is 17.6. The molecule has 1 aliphatic rings. The van der Waals surface area contributed by atoms with Crippen LogP contribution in [0.2, 0.25) is 0 Å². The Bertz CT molecular complexity index is 816. The molecule has 0 spiro atoms. The molecular weight excluding hydrogens is 326 g/mol. The van der Waals surface area contributed by atoms with Crippen LogP contribution in [0, 0.1) is 0 Å². The van der Waals surface area contributed by atoms with Crippen molar-refractivity contribution in [3.05, 3.63) is 77.9 Å². The number of hydrogen-bond donors (Lipinski definition) is 1. The number of aryl methyl sites for hydroxylation is 1. The van der Waals surface area contributed by atoms with E-state index in [0.717, 1.165) is 42.3 Å². The molecule has 0 radical (unpaired) electrons. The topological polar surface area (TPSA) is 73.4 Å². The highest BCUT2D eigenvalue weighted by Gasteiger charge is 2.35. The fraction of sp³-hybridized carbons (Fsp3) is 0.222. The summed E-state index contributed by atoms with van der Waals surface area (Å²) in [6.07, 6.45) is 1.38. The number of halogens is 1. The van der Waals surface area contributed by atoms with Gasteiger partial charge in [0, 0.05) is 11.5 Å². The molecule has 126 valence electrons. The average molecular weight is 348 g/mol. The Hall–Kier alpha value is -2.21. The van der Waals surface area contributed by atoms with E-state index in [1.54, 1.807) is 0 Å². The van der Waals surface area contributed by atoms with Gasteiger partial charge in [0.2, 0.25) is 2.86 Å². The van der Waals surface area contributed by atoms with Crippen molar-refractivity contribution in [1.29, 1.82) is 2.86 Å². The van der Waals surface area contributed by atoms with Crippen LogP contribution >= 0.6 is 0 Å². The number of rotatable bonds is 3. The largest absolute Gasteiger partial charge is 1.00 e. The van der Waals surface area contributed by atoms with Gasteiger partial charge in [0.1, 0.15) is 5.69 Å². The van der Waals surface area contributed by atoms with Gasteiger partial charge in [0.25, 0.3) is 11.6 Å². The predicted octanol–water partition coefficient (Wildman–Crippen LogP) is -1.63. The minimum atomic E-state index is -0.680. The number of aliphatic hydroxyl groups excluding tert-OH is 1. The molecule has 5 nitrogen and oxygen atoms in total. The SMILES string of the molecule is O[C@H](c1ccccc1)c1n(-c2ccccc2)nc2[n+]1CCC2.[2H]O[2H].[Cl-]. The summed E-state index contributed by atoms with van der Waals surface area (Å²) in [5.74, 6) is 1.89. The maximum absolute atomic E-state index is 10.9. The van der Waals surface area contributed by atoms with Gasteiger partial charge in [-0.3, -0.25) is 0 Å². The molecule has 0 fully saturated rings. The summed E-state index contributed by atoms with van der Waals surface area (Å²) in [6, 6.07) is 19.8. The molecule has 0 saturated carbocycles. The number of aromatic nitrogens is 3. The highest BCUT2D eigenvalue weighted by Crippen LogP contribution is 2.23. The normalized spacial score (nSPS) is 14.4. The third-order valence-electron chi connectivity index (χ3n) is 4.16. The Morgan fingerprint density at radius 1 is 1.12 bits per heavy atom. The number of para-hydroxylation sites is 1. The molecule has 2 aromatic carbocycles. The lowest BCUT2D eigenvalue weighted by Gasteiger charge is -2.10. The van der Waals surface area contributed by atoms with Gasteiger partial charge in [0.15, 0.2) is 6.10 Å². The minimum absolute atomic E-state index is 0. The molecule has 2 heterocycles. The fourth-order valence-electron chi connectivity index (χ4n) is 3.10. The fourth-order valence-corrected chi connectivity index (χ4v) is 3.10.